The van der Waals surface area contributed by atoms with Gasteiger partial charge in [-0.05, 0) is 36.0 Å². The summed E-state index contributed by atoms with van der Waals surface area (Å²) in [5.41, 5.74) is 0.858. The minimum atomic E-state index is -3.14. The molecular weight excluding hydrogens is 330 g/mol. The molecule has 6 nitrogen and oxygen atoms in total. The van der Waals surface area contributed by atoms with Crippen molar-refractivity contribution in [3.63, 3.8) is 0 Å². The summed E-state index contributed by atoms with van der Waals surface area (Å²) in [4.78, 5) is 23.5. The van der Waals surface area contributed by atoms with Crippen molar-refractivity contribution >= 4 is 21.7 Å². The van der Waals surface area contributed by atoms with Crippen LogP contribution in [0.1, 0.15) is 49.5 Å². The highest BCUT2D eigenvalue weighted by atomic mass is 32.2. The number of sulfone groups is 1. The van der Waals surface area contributed by atoms with Crippen molar-refractivity contribution in [3.05, 3.63) is 35.4 Å². The average Bonchev–Trinajstić information content (AvgIpc) is 2.40. The number of carbonyl (C=O) groups excluding carboxylic acids is 1. The molecule has 1 aromatic rings. The summed E-state index contributed by atoms with van der Waals surface area (Å²) >= 11 is 0. The van der Waals surface area contributed by atoms with Crippen LogP contribution in [-0.2, 0) is 20.4 Å². The first-order chi connectivity index (χ1) is 10.9. The highest BCUT2D eigenvalue weighted by Crippen LogP contribution is 2.21. The normalized spacial score (nSPS) is 13.3. The molecule has 0 aliphatic carbocycles. The molecule has 7 heteroatoms. The van der Waals surface area contributed by atoms with Gasteiger partial charge >= 0.3 is 5.97 Å². The van der Waals surface area contributed by atoms with Crippen LogP contribution in [0.3, 0.4) is 0 Å². The maximum absolute atomic E-state index is 12.2. The van der Waals surface area contributed by atoms with Crippen LogP contribution in [0.4, 0.5) is 0 Å². The van der Waals surface area contributed by atoms with Crippen LogP contribution in [0.15, 0.2) is 24.3 Å². The zero-order valence-electron chi connectivity index (χ0n) is 14.5. The van der Waals surface area contributed by atoms with E-state index >= 15 is 0 Å². The molecule has 0 saturated carbocycles. The number of benzene rings is 1. The molecular formula is C17H25NO5S. The average molecular weight is 355 g/mol. The van der Waals surface area contributed by atoms with Crippen molar-refractivity contribution in [2.24, 2.45) is 5.41 Å². The zero-order chi connectivity index (χ0) is 18.5. The molecule has 0 bridgehead atoms. The van der Waals surface area contributed by atoms with E-state index in [0.29, 0.717) is 24.0 Å². The third-order valence-electron chi connectivity index (χ3n) is 3.43. The van der Waals surface area contributed by atoms with E-state index in [1.54, 1.807) is 12.1 Å². The summed E-state index contributed by atoms with van der Waals surface area (Å²) < 4.78 is 22.5. The van der Waals surface area contributed by atoms with Gasteiger partial charge in [0.25, 0.3) is 5.91 Å². The third kappa shape index (κ3) is 7.59. The Kier molecular flexibility index (Phi) is 6.54. The van der Waals surface area contributed by atoms with Crippen molar-refractivity contribution in [3.8, 4) is 0 Å². The van der Waals surface area contributed by atoms with E-state index in [4.69, 9.17) is 0 Å². The predicted octanol–water partition coefficient (Wildman–Crippen LogP) is 2.24. The number of hydrogen-bond donors (Lipinski definition) is 2. The summed E-state index contributed by atoms with van der Waals surface area (Å²) in [6.45, 7) is 6.02. The Labute approximate surface area is 143 Å². The van der Waals surface area contributed by atoms with Gasteiger partial charge in [-0.25, -0.2) is 13.2 Å². The Bertz CT molecular complexity index is 687. The third-order valence-corrected chi connectivity index (χ3v) is 4.29. The van der Waals surface area contributed by atoms with Gasteiger partial charge in [0.2, 0.25) is 0 Å². The lowest BCUT2D eigenvalue weighted by molar-refractivity contribution is -0.139. The first-order valence-electron chi connectivity index (χ1n) is 7.68. The van der Waals surface area contributed by atoms with Gasteiger partial charge in [0, 0.05) is 11.8 Å². The molecule has 0 aromatic heterocycles. The number of rotatable bonds is 7. The van der Waals surface area contributed by atoms with Gasteiger partial charge in [-0.3, -0.25) is 4.79 Å². The highest BCUT2D eigenvalue weighted by molar-refractivity contribution is 7.89. The molecule has 1 amide bonds. The molecule has 0 fully saturated rings. The summed E-state index contributed by atoms with van der Waals surface area (Å²) in [6, 6.07) is 5.16. The van der Waals surface area contributed by atoms with Crippen LogP contribution < -0.4 is 5.32 Å². The predicted molar refractivity (Wildman–Crippen MR) is 92.6 cm³/mol. The van der Waals surface area contributed by atoms with Crippen molar-refractivity contribution in [2.75, 3.05) is 6.26 Å². The van der Waals surface area contributed by atoms with Crippen LogP contribution in [0.25, 0.3) is 0 Å². The second-order valence-corrected chi connectivity index (χ2v) is 9.37. The summed E-state index contributed by atoms with van der Waals surface area (Å²) in [5, 5.41) is 11.8. The number of aliphatic carboxylic acids is 1. The number of nitrogens with one attached hydrogen (secondary N) is 1. The van der Waals surface area contributed by atoms with Crippen LogP contribution in [0.2, 0.25) is 0 Å². The van der Waals surface area contributed by atoms with Crippen LogP contribution in [-0.4, -0.2) is 37.7 Å². The SMILES string of the molecule is CC(C)(C)CCC(NC(=O)c1ccc(CS(C)(=O)=O)cc1)C(=O)O. The second-order valence-electron chi connectivity index (χ2n) is 7.23. The van der Waals surface area contributed by atoms with Crippen LogP contribution in [0.5, 0.6) is 0 Å². The Balaban J connectivity index is 2.75. The lowest BCUT2D eigenvalue weighted by Gasteiger charge is -2.21. The molecule has 134 valence electrons. The smallest absolute Gasteiger partial charge is 0.326 e. The molecule has 24 heavy (non-hydrogen) atoms. The molecule has 1 rings (SSSR count). The first kappa shape index (κ1) is 20.2. The Morgan fingerprint density at radius 3 is 2.12 bits per heavy atom. The topological polar surface area (TPSA) is 101 Å². The number of carbonyl (C=O) groups is 2. The quantitative estimate of drug-likeness (QED) is 0.781. The highest BCUT2D eigenvalue weighted by Gasteiger charge is 2.23. The summed E-state index contributed by atoms with van der Waals surface area (Å²) in [7, 11) is -3.14. The lowest BCUT2D eigenvalue weighted by atomic mass is 9.88. The summed E-state index contributed by atoms with van der Waals surface area (Å²) in [5.74, 6) is -1.65. The van der Waals surface area contributed by atoms with Gasteiger partial charge in [-0.15, -0.1) is 0 Å². The Hall–Kier alpha value is -1.89. The van der Waals surface area contributed by atoms with E-state index in [9.17, 15) is 23.1 Å². The van der Waals surface area contributed by atoms with E-state index in [1.807, 2.05) is 20.8 Å². The Morgan fingerprint density at radius 2 is 1.71 bits per heavy atom. The molecule has 0 heterocycles. The number of hydrogen-bond acceptors (Lipinski definition) is 4. The number of carboxylic acid groups (broad SMARTS) is 1. The van der Waals surface area contributed by atoms with Gasteiger partial charge in [-0.1, -0.05) is 32.9 Å². The van der Waals surface area contributed by atoms with E-state index < -0.39 is 27.8 Å². The fourth-order valence-electron chi connectivity index (χ4n) is 2.13. The Morgan fingerprint density at radius 1 is 1.17 bits per heavy atom. The number of amides is 1. The lowest BCUT2D eigenvalue weighted by Crippen LogP contribution is -2.41. The standard InChI is InChI=1S/C17H25NO5S/c1-17(2,3)10-9-14(16(20)21)18-15(19)13-7-5-12(6-8-13)11-24(4,22)23/h5-8,14H,9-11H2,1-4H3,(H,18,19)(H,20,21). The molecule has 1 atom stereocenters. The maximum Gasteiger partial charge on any atom is 0.326 e. The van der Waals surface area contributed by atoms with Crippen LogP contribution in [0, 0.1) is 5.41 Å². The van der Waals surface area contributed by atoms with Crippen molar-refractivity contribution in [2.45, 2.75) is 45.4 Å². The van der Waals surface area contributed by atoms with Crippen molar-refractivity contribution < 1.29 is 23.1 Å². The fourth-order valence-corrected chi connectivity index (χ4v) is 2.93. The summed E-state index contributed by atoms with van der Waals surface area (Å²) in [6.07, 6.45) is 2.15. The van der Waals surface area contributed by atoms with Gasteiger partial charge in [0.05, 0.1) is 5.75 Å². The molecule has 0 aliphatic rings. The first-order valence-corrected chi connectivity index (χ1v) is 9.74. The molecule has 1 unspecified atom stereocenters. The second kappa shape index (κ2) is 7.79. The minimum absolute atomic E-state index is 0.0221. The van der Waals surface area contributed by atoms with Gasteiger partial charge in [0.15, 0.2) is 9.84 Å². The molecule has 0 aliphatic heterocycles. The molecule has 0 saturated heterocycles. The van der Waals surface area contributed by atoms with Crippen molar-refractivity contribution in [1.29, 1.82) is 0 Å². The van der Waals surface area contributed by atoms with Gasteiger partial charge < -0.3 is 10.4 Å². The maximum atomic E-state index is 12.2. The van der Waals surface area contributed by atoms with Gasteiger partial charge in [-0.2, -0.15) is 0 Å². The van der Waals surface area contributed by atoms with Gasteiger partial charge in [0.1, 0.15) is 6.04 Å². The zero-order valence-corrected chi connectivity index (χ0v) is 15.3. The largest absolute Gasteiger partial charge is 0.480 e. The molecule has 0 spiro atoms. The van der Waals surface area contributed by atoms with E-state index in [1.165, 1.54) is 12.1 Å². The van der Waals surface area contributed by atoms with E-state index in [2.05, 4.69) is 5.32 Å². The fraction of sp³-hybridized carbons (Fsp3) is 0.529. The minimum Gasteiger partial charge on any atom is -0.480 e. The molecule has 1 aromatic carbocycles. The molecule has 2 N–H and O–H groups in total. The van der Waals surface area contributed by atoms with Crippen molar-refractivity contribution in [1.82, 2.24) is 5.32 Å². The number of carboxylic acids is 1. The monoisotopic (exact) mass is 355 g/mol. The van der Waals surface area contributed by atoms with E-state index in [-0.39, 0.29) is 11.2 Å². The molecule has 0 radical (unpaired) electrons. The van der Waals surface area contributed by atoms with E-state index in [0.717, 1.165) is 6.26 Å². The van der Waals surface area contributed by atoms with Crippen LogP contribution >= 0.6 is 0 Å².